The molecule has 1 aromatic rings. The predicted octanol–water partition coefficient (Wildman–Crippen LogP) is 2.75. The van der Waals surface area contributed by atoms with Gasteiger partial charge in [0.05, 0.1) is 13.2 Å². The van der Waals surface area contributed by atoms with Crippen LogP contribution in [-0.2, 0) is 19.7 Å². The van der Waals surface area contributed by atoms with E-state index < -0.39 is 11.5 Å². The van der Waals surface area contributed by atoms with E-state index in [-0.39, 0.29) is 24.3 Å². The van der Waals surface area contributed by atoms with Crippen LogP contribution in [0.4, 0.5) is 0 Å². The average Bonchev–Trinajstić information content (AvgIpc) is 2.51. The van der Waals surface area contributed by atoms with Crippen LogP contribution in [0.5, 0.6) is 5.75 Å². The lowest BCUT2D eigenvalue weighted by Gasteiger charge is -2.25. The standard InChI is InChI=1S/C19H29NO5/c1-18(2,3)14-8-10-15(11-9-14)25-12-6-7-16(21)20-19(4,13-24-5)17(22)23/h8-11H,6-7,12-13H2,1-5H3,(H,20,21)(H,22,23). The highest BCUT2D eigenvalue weighted by molar-refractivity contribution is 5.86. The van der Waals surface area contributed by atoms with E-state index in [0.717, 1.165) is 5.75 Å². The van der Waals surface area contributed by atoms with Crippen molar-refractivity contribution in [3.63, 3.8) is 0 Å². The van der Waals surface area contributed by atoms with Gasteiger partial charge in [0.2, 0.25) is 5.91 Å². The first kappa shape index (κ1) is 21.0. The van der Waals surface area contributed by atoms with Crippen LogP contribution in [0.3, 0.4) is 0 Å². The Bertz CT molecular complexity index is 576. The molecule has 2 N–H and O–H groups in total. The first-order valence-corrected chi connectivity index (χ1v) is 8.35. The second-order valence-corrected chi connectivity index (χ2v) is 7.34. The van der Waals surface area contributed by atoms with Gasteiger partial charge in [0, 0.05) is 13.5 Å². The van der Waals surface area contributed by atoms with Crippen molar-refractivity contribution in [2.45, 2.75) is 51.5 Å². The van der Waals surface area contributed by atoms with Crippen molar-refractivity contribution in [2.24, 2.45) is 0 Å². The minimum atomic E-state index is -1.42. The number of carboxylic acids is 1. The first-order valence-electron chi connectivity index (χ1n) is 8.35. The third-order valence-electron chi connectivity index (χ3n) is 3.86. The Balaban J connectivity index is 2.40. The summed E-state index contributed by atoms with van der Waals surface area (Å²) in [4.78, 5) is 23.2. The van der Waals surface area contributed by atoms with Gasteiger partial charge in [0.15, 0.2) is 5.54 Å². The monoisotopic (exact) mass is 351 g/mol. The zero-order valence-electron chi connectivity index (χ0n) is 15.7. The van der Waals surface area contributed by atoms with Crippen molar-refractivity contribution in [2.75, 3.05) is 20.3 Å². The van der Waals surface area contributed by atoms with Crippen LogP contribution in [0.1, 0.15) is 46.1 Å². The molecule has 0 aromatic heterocycles. The van der Waals surface area contributed by atoms with Gasteiger partial charge in [-0.1, -0.05) is 32.9 Å². The van der Waals surface area contributed by atoms with E-state index >= 15 is 0 Å². The van der Waals surface area contributed by atoms with E-state index in [2.05, 4.69) is 26.1 Å². The number of carbonyl (C=O) groups is 2. The Labute approximate surface area is 149 Å². The summed E-state index contributed by atoms with van der Waals surface area (Å²) < 4.78 is 10.5. The lowest BCUT2D eigenvalue weighted by atomic mass is 9.87. The second kappa shape index (κ2) is 8.85. The van der Waals surface area contributed by atoms with E-state index in [1.54, 1.807) is 0 Å². The van der Waals surface area contributed by atoms with Crippen LogP contribution in [0, 0.1) is 0 Å². The van der Waals surface area contributed by atoms with E-state index in [1.165, 1.54) is 19.6 Å². The Morgan fingerprint density at radius 3 is 2.20 bits per heavy atom. The molecule has 0 spiro atoms. The number of rotatable bonds is 9. The molecule has 0 bridgehead atoms. The number of methoxy groups -OCH3 is 1. The Kier molecular flexibility index (Phi) is 7.42. The van der Waals surface area contributed by atoms with Crippen LogP contribution in [0.2, 0.25) is 0 Å². The summed E-state index contributed by atoms with van der Waals surface area (Å²) in [5, 5.41) is 11.7. The van der Waals surface area contributed by atoms with Crippen molar-refractivity contribution < 1.29 is 24.2 Å². The van der Waals surface area contributed by atoms with E-state index in [0.29, 0.717) is 13.0 Å². The number of nitrogens with one attached hydrogen (secondary N) is 1. The summed E-state index contributed by atoms with van der Waals surface area (Å²) >= 11 is 0. The normalized spacial score (nSPS) is 13.8. The Morgan fingerprint density at radius 1 is 1.12 bits per heavy atom. The summed E-state index contributed by atoms with van der Waals surface area (Å²) in [5.41, 5.74) is -0.101. The van der Waals surface area contributed by atoms with Gasteiger partial charge in [0.1, 0.15) is 5.75 Å². The van der Waals surface area contributed by atoms with Crippen LogP contribution >= 0.6 is 0 Å². The molecule has 140 valence electrons. The summed E-state index contributed by atoms with van der Waals surface area (Å²) in [5.74, 6) is -0.713. The molecule has 0 saturated heterocycles. The fourth-order valence-corrected chi connectivity index (χ4v) is 2.28. The molecule has 1 unspecified atom stereocenters. The molecule has 1 atom stereocenters. The molecule has 0 fully saturated rings. The minimum Gasteiger partial charge on any atom is -0.494 e. The largest absolute Gasteiger partial charge is 0.494 e. The minimum absolute atomic E-state index is 0.0926. The smallest absolute Gasteiger partial charge is 0.331 e. The third-order valence-corrected chi connectivity index (χ3v) is 3.86. The fourth-order valence-electron chi connectivity index (χ4n) is 2.28. The van der Waals surface area contributed by atoms with Crippen LogP contribution in [0.15, 0.2) is 24.3 Å². The van der Waals surface area contributed by atoms with Crippen LogP contribution < -0.4 is 10.1 Å². The number of carbonyl (C=O) groups excluding carboxylic acids is 1. The Morgan fingerprint density at radius 2 is 1.72 bits per heavy atom. The molecule has 0 radical (unpaired) electrons. The van der Waals surface area contributed by atoms with Gasteiger partial charge in [0.25, 0.3) is 0 Å². The summed E-state index contributed by atoms with van der Waals surface area (Å²) in [6, 6.07) is 7.90. The fraction of sp³-hybridized carbons (Fsp3) is 0.579. The van der Waals surface area contributed by atoms with Crippen molar-refractivity contribution >= 4 is 11.9 Å². The molecule has 25 heavy (non-hydrogen) atoms. The SMILES string of the molecule is COCC(C)(NC(=O)CCCOc1ccc(C(C)(C)C)cc1)C(=O)O. The molecule has 0 saturated carbocycles. The first-order chi connectivity index (χ1) is 11.6. The molecule has 6 heteroatoms. The van der Waals surface area contributed by atoms with Gasteiger partial charge in [-0.25, -0.2) is 4.79 Å². The maximum Gasteiger partial charge on any atom is 0.331 e. The van der Waals surface area contributed by atoms with Gasteiger partial charge in [-0.3, -0.25) is 4.79 Å². The molecule has 1 aromatic carbocycles. The van der Waals surface area contributed by atoms with Crippen LogP contribution in [0.25, 0.3) is 0 Å². The topological polar surface area (TPSA) is 84.9 Å². The average molecular weight is 351 g/mol. The number of hydrogen-bond donors (Lipinski definition) is 2. The van der Waals surface area contributed by atoms with Gasteiger partial charge in [-0.15, -0.1) is 0 Å². The molecule has 1 amide bonds. The summed E-state index contributed by atoms with van der Waals surface area (Å²) in [7, 11) is 1.39. The molecular formula is C19H29NO5. The van der Waals surface area contributed by atoms with E-state index in [1.807, 2.05) is 24.3 Å². The lowest BCUT2D eigenvalue weighted by Crippen LogP contribution is -2.55. The maximum absolute atomic E-state index is 11.9. The summed E-state index contributed by atoms with van der Waals surface area (Å²) in [6.45, 7) is 8.16. The van der Waals surface area contributed by atoms with Crippen molar-refractivity contribution in [1.29, 1.82) is 0 Å². The van der Waals surface area contributed by atoms with E-state index in [4.69, 9.17) is 9.47 Å². The quantitative estimate of drug-likeness (QED) is 0.668. The number of benzene rings is 1. The van der Waals surface area contributed by atoms with Crippen molar-refractivity contribution in [3.05, 3.63) is 29.8 Å². The zero-order valence-corrected chi connectivity index (χ0v) is 15.7. The highest BCUT2D eigenvalue weighted by atomic mass is 16.5. The van der Waals surface area contributed by atoms with E-state index in [9.17, 15) is 14.7 Å². The molecule has 6 nitrogen and oxygen atoms in total. The van der Waals surface area contributed by atoms with Gasteiger partial charge < -0.3 is 19.9 Å². The number of ether oxygens (including phenoxy) is 2. The molecule has 0 aliphatic carbocycles. The van der Waals surface area contributed by atoms with Crippen molar-refractivity contribution in [3.8, 4) is 5.75 Å². The molecular weight excluding hydrogens is 322 g/mol. The second-order valence-electron chi connectivity index (χ2n) is 7.34. The molecule has 0 heterocycles. The zero-order chi connectivity index (χ0) is 19.1. The third kappa shape index (κ3) is 6.74. The van der Waals surface area contributed by atoms with Gasteiger partial charge in [-0.05, 0) is 36.5 Å². The highest BCUT2D eigenvalue weighted by Crippen LogP contribution is 2.24. The Hall–Kier alpha value is -2.08. The highest BCUT2D eigenvalue weighted by Gasteiger charge is 2.34. The number of aliphatic carboxylic acids is 1. The number of carboxylic acid groups (broad SMARTS) is 1. The lowest BCUT2D eigenvalue weighted by molar-refractivity contribution is -0.149. The number of hydrogen-bond acceptors (Lipinski definition) is 4. The maximum atomic E-state index is 11.9. The molecule has 0 aliphatic rings. The van der Waals surface area contributed by atoms with Crippen LogP contribution in [-0.4, -0.2) is 42.8 Å². The van der Waals surface area contributed by atoms with Gasteiger partial charge >= 0.3 is 5.97 Å². The number of amides is 1. The van der Waals surface area contributed by atoms with Gasteiger partial charge in [-0.2, -0.15) is 0 Å². The molecule has 1 rings (SSSR count). The van der Waals surface area contributed by atoms with Crippen molar-refractivity contribution in [1.82, 2.24) is 5.32 Å². The molecule has 0 aliphatic heterocycles. The summed E-state index contributed by atoms with van der Waals surface area (Å²) in [6.07, 6.45) is 0.683. The predicted molar refractivity (Wildman–Crippen MR) is 95.9 cm³/mol.